The average molecular weight is 213 g/mol. The summed E-state index contributed by atoms with van der Waals surface area (Å²) in [4.78, 5) is 2.74. The summed E-state index contributed by atoms with van der Waals surface area (Å²) in [7, 11) is 0. The van der Waals surface area contributed by atoms with Crippen LogP contribution < -0.4 is 0 Å². The topological polar surface area (TPSA) is 3.24 Å². The summed E-state index contributed by atoms with van der Waals surface area (Å²) >= 11 is 2.13. The van der Waals surface area contributed by atoms with Gasteiger partial charge in [0, 0.05) is 24.2 Å². The van der Waals surface area contributed by atoms with Crippen molar-refractivity contribution < 1.29 is 0 Å². The zero-order valence-corrected chi connectivity index (χ0v) is 10.4. The van der Waals surface area contributed by atoms with Gasteiger partial charge in [0.05, 0.1) is 0 Å². The molecular formula is C12H23NS. The average Bonchev–Trinajstić information content (AvgIpc) is 2.44. The molecule has 0 aromatic rings. The Morgan fingerprint density at radius 3 is 2.71 bits per heavy atom. The highest BCUT2D eigenvalue weighted by atomic mass is 32.2. The smallest absolute Gasteiger partial charge is 0.0448 e. The van der Waals surface area contributed by atoms with E-state index in [4.69, 9.17) is 0 Å². The molecular weight excluding hydrogens is 190 g/mol. The Labute approximate surface area is 92.6 Å². The molecule has 2 heteroatoms. The number of thioether (sulfide) groups is 1. The minimum Gasteiger partial charge on any atom is -0.290 e. The molecule has 1 unspecified atom stereocenters. The van der Waals surface area contributed by atoms with E-state index >= 15 is 0 Å². The highest BCUT2D eigenvalue weighted by Gasteiger charge is 2.29. The van der Waals surface area contributed by atoms with Gasteiger partial charge in [0.25, 0.3) is 0 Å². The van der Waals surface area contributed by atoms with Crippen molar-refractivity contribution in [3.63, 3.8) is 0 Å². The van der Waals surface area contributed by atoms with Crippen LogP contribution in [0, 0.1) is 11.8 Å². The fourth-order valence-corrected chi connectivity index (χ4v) is 3.76. The lowest BCUT2D eigenvalue weighted by Gasteiger charge is -2.33. The van der Waals surface area contributed by atoms with E-state index in [0.29, 0.717) is 0 Å². The largest absolute Gasteiger partial charge is 0.290 e. The molecule has 1 nitrogen and oxygen atoms in total. The molecule has 0 N–H and O–H groups in total. The molecule has 1 atom stereocenters. The Morgan fingerprint density at radius 2 is 2.14 bits per heavy atom. The lowest BCUT2D eigenvalue weighted by atomic mass is 9.85. The third-order valence-electron chi connectivity index (χ3n) is 3.54. The number of rotatable bonds is 4. The molecule has 0 spiro atoms. The van der Waals surface area contributed by atoms with Crippen molar-refractivity contribution >= 4 is 11.8 Å². The summed E-state index contributed by atoms with van der Waals surface area (Å²) in [6.07, 6.45) is 5.88. The maximum Gasteiger partial charge on any atom is 0.0448 e. The molecule has 0 aromatic carbocycles. The van der Waals surface area contributed by atoms with Gasteiger partial charge in [-0.2, -0.15) is 0 Å². The van der Waals surface area contributed by atoms with Crippen molar-refractivity contribution in [3.8, 4) is 0 Å². The van der Waals surface area contributed by atoms with Crippen molar-refractivity contribution in [1.29, 1.82) is 0 Å². The number of hydrogen-bond acceptors (Lipinski definition) is 2. The first-order chi connectivity index (χ1) is 6.75. The van der Waals surface area contributed by atoms with Gasteiger partial charge in [0.15, 0.2) is 0 Å². The van der Waals surface area contributed by atoms with Gasteiger partial charge in [-0.1, -0.05) is 20.3 Å². The maximum atomic E-state index is 2.74. The quantitative estimate of drug-likeness (QED) is 0.705. The zero-order valence-electron chi connectivity index (χ0n) is 9.54. The van der Waals surface area contributed by atoms with E-state index in [1.54, 1.807) is 0 Å². The van der Waals surface area contributed by atoms with E-state index in [0.717, 1.165) is 17.9 Å². The molecule has 82 valence electrons. The Morgan fingerprint density at radius 1 is 1.36 bits per heavy atom. The van der Waals surface area contributed by atoms with Gasteiger partial charge in [-0.3, -0.25) is 4.90 Å². The molecule has 2 rings (SSSR count). The molecule has 0 radical (unpaired) electrons. The van der Waals surface area contributed by atoms with Gasteiger partial charge < -0.3 is 0 Å². The zero-order chi connectivity index (χ0) is 9.97. The van der Waals surface area contributed by atoms with Crippen LogP contribution in [0.2, 0.25) is 0 Å². The van der Waals surface area contributed by atoms with E-state index in [1.807, 2.05) is 0 Å². The summed E-state index contributed by atoms with van der Waals surface area (Å²) in [5, 5.41) is 0. The van der Waals surface area contributed by atoms with Gasteiger partial charge in [0.1, 0.15) is 0 Å². The lowest BCUT2D eigenvalue weighted by Crippen LogP contribution is -2.37. The molecule has 1 aliphatic carbocycles. The summed E-state index contributed by atoms with van der Waals surface area (Å²) in [5.74, 6) is 4.59. The molecule has 1 heterocycles. The van der Waals surface area contributed by atoms with E-state index in [2.05, 4.69) is 30.5 Å². The van der Waals surface area contributed by atoms with Crippen molar-refractivity contribution in [3.05, 3.63) is 0 Å². The monoisotopic (exact) mass is 213 g/mol. The molecule has 14 heavy (non-hydrogen) atoms. The predicted octanol–water partition coefficient (Wildman–Crippen LogP) is 3.21. The first-order valence-corrected chi connectivity index (χ1v) is 7.23. The molecule has 0 aromatic heterocycles. The van der Waals surface area contributed by atoms with Crippen LogP contribution in [-0.4, -0.2) is 29.1 Å². The molecule has 0 bridgehead atoms. The fraction of sp³-hybridized carbons (Fsp3) is 1.00. The van der Waals surface area contributed by atoms with Crippen LogP contribution in [0.25, 0.3) is 0 Å². The third kappa shape index (κ3) is 2.66. The minimum atomic E-state index is 0.864. The first-order valence-electron chi connectivity index (χ1n) is 6.07. The van der Waals surface area contributed by atoms with Crippen LogP contribution in [0.3, 0.4) is 0 Å². The maximum absolute atomic E-state index is 2.74. The number of nitrogens with zero attached hydrogens (tertiary/aromatic N) is 1. The van der Waals surface area contributed by atoms with Crippen LogP contribution in [0.1, 0.15) is 39.5 Å². The Balaban J connectivity index is 1.77. The second-order valence-corrected chi connectivity index (χ2v) is 6.35. The molecule has 1 saturated heterocycles. The van der Waals surface area contributed by atoms with Gasteiger partial charge in [-0.25, -0.2) is 0 Å². The van der Waals surface area contributed by atoms with Crippen molar-refractivity contribution in [2.75, 3.05) is 18.2 Å². The first kappa shape index (κ1) is 10.8. The minimum absolute atomic E-state index is 0.864. The standard InChI is InChI=1S/C12H23NS/c1-10(2)6-12-8-14-9-13(12)7-11-4-3-5-11/h10-12H,3-9H2,1-2H3. The SMILES string of the molecule is CC(C)CC1CSCN1CC1CCC1. The molecule has 1 aliphatic heterocycles. The lowest BCUT2D eigenvalue weighted by molar-refractivity contribution is 0.160. The van der Waals surface area contributed by atoms with E-state index in [1.165, 1.54) is 43.9 Å². The van der Waals surface area contributed by atoms with Crippen molar-refractivity contribution in [1.82, 2.24) is 4.90 Å². The van der Waals surface area contributed by atoms with Crippen molar-refractivity contribution in [2.45, 2.75) is 45.6 Å². The van der Waals surface area contributed by atoms with Crippen LogP contribution in [0.5, 0.6) is 0 Å². The number of hydrogen-bond donors (Lipinski definition) is 0. The van der Waals surface area contributed by atoms with E-state index < -0.39 is 0 Å². The predicted molar refractivity (Wildman–Crippen MR) is 64.6 cm³/mol. The van der Waals surface area contributed by atoms with Crippen LogP contribution >= 0.6 is 11.8 Å². The third-order valence-corrected chi connectivity index (χ3v) is 4.68. The fourth-order valence-electron chi connectivity index (χ4n) is 2.49. The van der Waals surface area contributed by atoms with Crippen LogP contribution in [0.15, 0.2) is 0 Å². The second-order valence-electron chi connectivity index (χ2n) is 5.35. The molecule has 0 amide bonds. The molecule has 1 saturated carbocycles. The van der Waals surface area contributed by atoms with Crippen LogP contribution in [0.4, 0.5) is 0 Å². The Kier molecular flexibility index (Phi) is 3.78. The normalized spacial score (nSPS) is 29.8. The summed E-state index contributed by atoms with van der Waals surface area (Å²) in [6, 6.07) is 0.889. The second kappa shape index (κ2) is 4.89. The highest BCUT2D eigenvalue weighted by Crippen LogP contribution is 2.32. The van der Waals surface area contributed by atoms with Gasteiger partial charge >= 0.3 is 0 Å². The van der Waals surface area contributed by atoms with Gasteiger partial charge in [-0.15, -0.1) is 11.8 Å². The van der Waals surface area contributed by atoms with Crippen molar-refractivity contribution in [2.24, 2.45) is 11.8 Å². The Hall–Kier alpha value is 0.310. The summed E-state index contributed by atoms with van der Waals surface area (Å²) in [6.45, 7) is 6.10. The molecule has 2 fully saturated rings. The van der Waals surface area contributed by atoms with Gasteiger partial charge in [0.2, 0.25) is 0 Å². The van der Waals surface area contributed by atoms with E-state index in [9.17, 15) is 0 Å². The Bertz CT molecular complexity index is 177. The van der Waals surface area contributed by atoms with Crippen LogP contribution in [-0.2, 0) is 0 Å². The molecule has 2 aliphatic rings. The summed E-state index contributed by atoms with van der Waals surface area (Å²) in [5.41, 5.74) is 0. The van der Waals surface area contributed by atoms with Gasteiger partial charge in [-0.05, 0) is 31.1 Å². The highest BCUT2D eigenvalue weighted by molar-refractivity contribution is 7.99. The van der Waals surface area contributed by atoms with E-state index in [-0.39, 0.29) is 0 Å². The summed E-state index contributed by atoms with van der Waals surface area (Å²) < 4.78 is 0.